The minimum Gasteiger partial charge on any atom is -0.330 e. The van der Waals surface area contributed by atoms with Gasteiger partial charge >= 0.3 is 0 Å². The Labute approximate surface area is 83.1 Å². The first-order valence-corrected chi connectivity index (χ1v) is 6.08. The first kappa shape index (κ1) is 11.0. The Kier molecular flexibility index (Phi) is 5.45. The van der Waals surface area contributed by atoms with Crippen LogP contribution in [0.3, 0.4) is 0 Å². The van der Waals surface area contributed by atoms with Gasteiger partial charge in [0.1, 0.15) is 0 Å². The highest BCUT2D eigenvalue weighted by molar-refractivity contribution is 4.73. The van der Waals surface area contributed by atoms with Crippen LogP contribution in [0, 0.1) is 11.8 Å². The zero-order valence-electron chi connectivity index (χ0n) is 9.10. The van der Waals surface area contributed by atoms with Gasteiger partial charge in [-0.2, -0.15) is 0 Å². The second-order valence-corrected chi connectivity index (χ2v) is 4.54. The van der Waals surface area contributed by atoms with E-state index in [2.05, 4.69) is 6.92 Å². The first-order valence-electron chi connectivity index (χ1n) is 6.08. The van der Waals surface area contributed by atoms with Gasteiger partial charge in [0.05, 0.1) is 0 Å². The zero-order chi connectivity index (χ0) is 9.52. The average Bonchev–Trinajstić information content (AvgIpc) is 2.42. The fraction of sp³-hybridized carbons (Fsp3) is 1.00. The molecule has 1 fully saturated rings. The van der Waals surface area contributed by atoms with E-state index in [0.717, 1.165) is 18.4 Å². The van der Waals surface area contributed by atoms with Gasteiger partial charge in [0, 0.05) is 0 Å². The summed E-state index contributed by atoms with van der Waals surface area (Å²) in [6.45, 7) is 3.19. The van der Waals surface area contributed by atoms with Crippen molar-refractivity contribution in [3.63, 3.8) is 0 Å². The van der Waals surface area contributed by atoms with Crippen molar-refractivity contribution < 1.29 is 0 Å². The predicted octanol–water partition coefficient (Wildman–Crippen LogP) is 3.33. The molecule has 0 spiro atoms. The van der Waals surface area contributed by atoms with Gasteiger partial charge in [-0.15, -0.1) is 0 Å². The van der Waals surface area contributed by atoms with Crippen molar-refractivity contribution in [3.8, 4) is 0 Å². The fourth-order valence-electron chi connectivity index (χ4n) is 2.70. The third kappa shape index (κ3) is 3.68. The van der Waals surface area contributed by atoms with E-state index in [1.165, 1.54) is 51.4 Å². The van der Waals surface area contributed by atoms with Gasteiger partial charge < -0.3 is 5.73 Å². The van der Waals surface area contributed by atoms with Crippen LogP contribution < -0.4 is 5.73 Å². The van der Waals surface area contributed by atoms with E-state index in [4.69, 9.17) is 5.73 Å². The summed E-state index contributed by atoms with van der Waals surface area (Å²) in [7, 11) is 0. The molecule has 1 unspecified atom stereocenters. The number of hydrogen-bond donors (Lipinski definition) is 1. The molecule has 1 nitrogen and oxygen atoms in total. The topological polar surface area (TPSA) is 26.0 Å². The Hall–Kier alpha value is -0.0400. The molecule has 1 heteroatoms. The lowest BCUT2D eigenvalue weighted by atomic mass is 9.83. The van der Waals surface area contributed by atoms with Crippen molar-refractivity contribution in [2.24, 2.45) is 17.6 Å². The molecule has 0 heterocycles. The zero-order valence-corrected chi connectivity index (χ0v) is 9.10. The second kappa shape index (κ2) is 6.42. The maximum absolute atomic E-state index is 5.84. The average molecular weight is 183 g/mol. The molecule has 0 amide bonds. The summed E-state index contributed by atoms with van der Waals surface area (Å²) in [5, 5.41) is 0. The van der Waals surface area contributed by atoms with Crippen LogP contribution in [0.4, 0.5) is 0 Å². The van der Waals surface area contributed by atoms with Crippen molar-refractivity contribution in [3.05, 3.63) is 0 Å². The summed E-state index contributed by atoms with van der Waals surface area (Å²) >= 11 is 0. The smallest absolute Gasteiger partial charge is 0.00462 e. The number of rotatable bonds is 4. The lowest BCUT2D eigenvalue weighted by Gasteiger charge is -2.24. The molecule has 13 heavy (non-hydrogen) atoms. The van der Waals surface area contributed by atoms with Crippen molar-refractivity contribution in [1.29, 1.82) is 0 Å². The molecular formula is C12H25N. The molecule has 1 rings (SSSR count). The van der Waals surface area contributed by atoms with E-state index in [1.807, 2.05) is 0 Å². The highest BCUT2D eigenvalue weighted by Crippen LogP contribution is 2.30. The molecule has 0 saturated heterocycles. The molecule has 78 valence electrons. The van der Waals surface area contributed by atoms with E-state index >= 15 is 0 Å². The first-order chi connectivity index (χ1) is 6.38. The standard InChI is InChI=1S/C12H25N/c1-2-7-12(10-13)11-8-5-3-4-6-9-11/h11-12H,2-10,13H2,1H3. The summed E-state index contributed by atoms with van der Waals surface area (Å²) < 4.78 is 0. The number of nitrogens with two attached hydrogens (primary N) is 1. The van der Waals surface area contributed by atoms with Gasteiger partial charge in [0.2, 0.25) is 0 Å². The lowest BCUT2D eigenvalue weighted by Crippen LogP contribution is -2.23. The van der Waals surface area contributed by atoms with Gasteiger partial charge in [0.15, 0.2) is 0 Å². The SMILES string of the molecule is CCCC(CN)C1CCCCCC1. The molecule has 1 atom stereocenters. The van der Waals surface area contributed by atoms with Crippen LogP contribution in [0.25, 0.3) is 0 Å². The largest absolute Gasteiger partial charge is 0.330 e. The third-order valence-corrected chi connectivity index (χ3v) is 3.53. The molecule has 0 aromatic carbocycles. The van der Waals surface area contributed by atoms with E-state index in [-0.39, 0.29) is 0 Å². The lowest BCUT2D eigenvalue weighted by molar-refractivity contribution is 0.286. The maximum Gasteiger partial charge on any atom is -0.00462 e. The summed E-state index contributed by atoms with van der Waals surface area (Å²) in [6, 6.07) is 0. The Morgan fingerprint density at radius 2 is 1.77 bits per heavy atom. The molecule has 2 N–H and O–H groups in total. The predicted molar refractivity (Wildman–Crippen MR) is 58.6 cm³/mol. The van der Waals surface area contributed by atoms with Crippen LogP contribution in [-0.4, -0.2) is 6.54 Å². The second-order valence-electron chi connectivity index (χ2n) is 4.54. The summed E-state index contributed by atoms with van der Waals surface area (Å²) in [6.07, 6.45) is 11.4. The molecule has 0 aliphatic heterocycles. The maximum atomic E-state index is 5.84. The van der Waals surface area contributed by atoms with Gasteiger partial charge in [0.25, 0.3) is 0 Å². The fourth-order valence-corrected chi connectivity index (χ4v) is 2.70. The van der Waals surface area contributed by atoms with Crippen LogP contribution in [0.1, 0.15) is 58.3 Å². The Morgan fingerprint density at radius 1 is 1.15 bits per heavy atom. The molecule has 1 aliphatic carbocycles. The normalized spacial score (nSPS) is 22.6. The van der Waals surface area contributed by atoms with Gasteiger partial charge in [-0.3, -0.25) is 0 Å². The van der Waals surface area contributed by atoms with Gasteiger partial charge in [-0.05, 0) is 24.8 Å². The molecule has 0 bridgehead atoms. The minimum atomic E-state index is 0.822. The van der Waals surface area contributed by atoms with Crippen LogP contribution in [0.15, 0.2) is 0 Å². The van der Waals surface area contributed by atoms with E-state index in [1.54, 1.807) is 0 Å². The van der Waals surface area contributed by atoms with Crippen LogP contribution in [0.2, 0.25) is 0 Å². The monoisotopic (exact) mass is 183 g/mol. The minimum absolute atomic E-state index is 0.822. The van der Waals surface area contributed by atoms with Crippen LogP contribution in [-0.2, 0) is 0 Å². The van der Waals surface area contributed by atoms with E-state index in [9.17, 15) is 0 Å². The van der Waals surface area contributed by atoms with Gasteiger partial charge in [-0.25, -0.2) is 0 Å². The molecule has 0 aromatic rings. The Balaban J connectivity index is 2.35. The Bertz CT molecular complexity index is 114. The van der Waals surface area contributed by atoms with Crippen molar-refractivity contribution >= 4 is 0 Å². The molecule has 1 saturated carbocycles. The summed E-state index contributed by atoms with van der Waals surface area (Å²) in [4.78, 5) is 0. The third-order valence-electron chi connectivity index (χ3n) is 3.53. The van der Waals surface area contributed by atoms with E-state index in [0.29, 0.717) is 0 Å². The summed E-state index contributed by atoms with van der Waals surface area (Å²) in [5.41, 5.74) is 5.84. The highest BCUT2D eigenvalue weighted by Gasteiger charge is 2.20. The molecule has 0 radical (unpaired) electrons. The van der Waals surface area contributed by atoms with Crippen molar-refractivity contribution in [2.75, 3.05) is 6.54 Å². The highest BCUT2D eigenvalue weighted by atomic mass is 14.6. The molecule has 1 aliphatic rings. The van der Waals surface area contributed by atoms with Crippen molar-refractivity contribution in [2.45, 2.75) is 58.3 Å². The summed E-state index contributed by atoms with van der Waals surface area (Å²) in [5.74, 6) is 1.77. The number of hydrogen-bond acceptors (Lipinski definition) is 1. The Morgan fingerprint density at radius 3 is 2.23 bits per heavy atom. The van der Waals surface area contributed by atoms with Crippen LogP contribution >= 0.6 is 0 Å². The van der Waals surface area contributed by atoms with Crippen molar-refractivity contribution in [1.82, 2.24) is 0 Å². The van der Waals surface area contributed by atoms with E-state index < -0.39 is 0 Å². The van der Waals surface area contributed by atoms with Crippen LogP contribution in [0.5, 0.6) is 0 Å². The quantitative estimate of drug-likeness (QED) is 0.665. The molecular weight excluding hydrogens is 158 g/mol. The van der Waals surface area contributed by atoms with Gasteiger partial charge in [-0.1, -0.05) is 51.9 Å². The molecule has 0 aromatic heterocycles.